The SMILES string of the molecule is O=S(=O)(NCc1cccnc1-c1cccs1)c1ccccc1F. The molecule has 0 spiro atoms. The molecule has 2 aromatic heterocycles. The lowest BCUT2D eigenvalue weighted by molar-refractivity contribution is 0.557. The molecular weight excluding hydrogens is 335 g/mol. The summed E-state index contributed by atoms with van der Waals surface area (Å²) in [5, 5.41) is 1.93. The maximum Gasteiger partial charge on any atom is 0.243 e. The van der Waals surface area contributed by atoms with Gasteiger partial charge in [-0.3, -0.25) is 4.98 Å². The number of nitrogens with one attached hydrogen (secondary N) is 1. The Bertz CT molecular complexity index is 909. The van der Waals surface area contributed by atoms with E-state index < -0.39 is 15.8 Å². The molecule has 1 aromatic carbocycles. The molecule has 118 valence electrons. The Labute approximate surface area is 137 Å². The Morgan fingerprint density at radius 1 is 1.09 bits per heavy atom. The lowest BCUT2D eigenvalue weighted by Gasteiger charge is -2.10. The van der Waals surface area contributed by atoms with Crippen LogP contribution in [0, 0.1) is 5.82 Å². The molecule has 2 heterocycles. The third kappa shape index (κ3) is 3.47. The molecule has 3 rings (SSSR count). The third-order valence-electron chi connectivity index (χ3n) is 3.22. The fraction of sp³-hybridized carbons (Fsp3) is 0.0625. The van der Waals surface area contributed by atoms with Gasteiger partial charge in [0.2, 0.25) is 10.0 Å². The van der Waals surface area contributed by atoms with Crippen molar-refractivity contribution in [3.05, 3.63) is 71.5 Å². The predicted octanol–water partition coefficient (Wildman–Crippen LogP) is 3.43. The second-order valence-corrected chi connectivity index (χ2v) is 7.43. The molecule has 0 fully saturated rings. The summed E-state index contributed by atoms with van der Waals surface area (Å²) < 4.78 is 40.6. The monoisotopic (exact) mass is 348 g/mol. The van der Waals surface area contributed by atoms with E-state index in [-0.39, 0.29) is 11.4 Å². The zero-order valence-corrected chi connectivity index (χ0v) is 13.6. The van der Waals surface area contributed by atoms with Gasteiger partial charge >= 0.3 is 0 Å². The van der Waals surface area contributed by atoms with Crippen LogP contribution in [0.2, 0.25) is 0 Å². The normalized spacial score (nSPS) is 11.5. The van der Waals surface area contributed by atoms with Crippen LogP contribution in [-0.2, 0) is 16.6 Å². The van der Waals surface area contributed by atoms with Gasteiger partial charge in [-0.25, -0.2) is 17.5 Å². The number of rotatable bonds is 5. The van der Waals surface area contributed by atoms with Crippen LogP contribution in [0.3, 0.4) is 0 Å². The molecular formula is C16H13FN2O2S2. The molecule has 0 radical (unpaired) electrons. The Kier molecular flexibility index (Phi) is 4.51. The van der Waals surface area contributed by atoms with Crippen molar-refractivity contribution in [1.29, 1.82) is 0 Å². The summed E-state index contributed by atoms with van der Waals surface area (Å²) in [5.74, 6) is -0.773. The van der Waals surface area contributed by atoms with Crippen molar-refractivity contribution >= 4 is 21.4 Å². The molecule has 0 amide bonds. The molecule has 0 saturated carbocycles. The predicted molar refractivity (Wildman–Crippen MR) is 88.0 cm³/mol. The second-order valence-electron chi connectivity index (χ2n) is 4.74. The Morgan fingerprint density at radius 3 is 2.65 bits per heavy atom. The highest BCUT2D eigenvalue weighted by atomic mass is 32.2. The number of aromatic nitrogens is 1. The lowest BCUT2D eigenvalue weighted by atomic mass is 10.2. The number of halogens is 1. The average molecular weight is 348 g/mol. The van der Waals surface area contributed by atoms with E-state index in [1.807, 2.05) is 17.5 Å². The van der Waals surface area contributed by atoms with Crippen molar-refractivity contribution in [2.24, 2.45) is 0 Å². The summed E-state index contributed by atoms with van der Waals surface area (Å²) in [6.45, 7) is 0.0394. The van der Waals surface area contributed by atoms with Gasteiger partial charge in [-0.1, -0.05) is 24.3 Å². The number of hydrogen-bond acceptors (Lipinski definition) is 4. The van der Waals surface area contributed by atoms with Gasteiger partial charge in [0.25, 0.3) is 0 Å². The van der Waals surface area contributed by atoms with E-state index >= 15 is 0 Å². The smallest absolute Gasteiger partial charge is 0.243 e. The number of thiophene rings is 1. The number of benzene rings is 1. The number of sulfonamides is 1. The zero-order valence-electron chi connectivity index (χ0n) is 11.9. The number of pyridine rings is 1. The van der Waals surface area contributed by atoms with Crippen molar-refractivity contribution in [3.8, 4) is 10.6 Å². The molecule has 0 aliphatic rings. The molecule has 4 nitrogen and oxygen atoms in total. The van der Waals surface area contributed by atoms with Gasteiger partial charge in [0.1, 0.15) is 10.7 Å². The van der Waals surface area contributed by atoms with E-state index in [0.717, 1.165) is 22.2 Å². The summed E-state index contributed by atoms with van der Waals surface area (Å²) in [7, 11) is -3.92. The summed E-state index contributed by atoms with van der Waals surface area (Å²) in [5.41, 5.74) is 1.45. The van der Waals surface area contributed by atoms with Crippen LogP contribution in [0.15, 0.2) is 65.0 Å². The first-order valence-corrected chi connectivity index (χ1v) is 9.16. The van der Waals surface area contributed by atoms with E-state index in [9.17, 15) is 12.8 Å². The summed E-state index contributed by atoms with van der Waals surface area (Å²) in [6, 6.07) is 12.7. The molecule has 0 aliphatic heterocycles. The molecule has 0 bridgehead atoms. The topological polar surface area (TPSA) is 59.1 Å². The highest BCUT2D eigenvalue weighted by Gasteiger charge is 2.19. The van der Waals surface area contributed by atoms with Crippen molar-refractivity contribution in [2.75, 3.05) is 0 Å². The minimum Gasteiger partial charge on any atom is -0.255 e. The first-order chi connectivity index (χ1) is 11.1. The molecule has 3 aromatic rings. The van der Waals surface area contributed by atoms with Gasteiger partial charge in [0, 0.05) is 12.7 Å². The van der Waals surface area contributed by atoms with Crippen LogP contribution in [-0.4, -0.2) is 13.4 Å². The quantitative estimate of drug-likeness (QED) is 0.768. The molecule has 0 saturated heterocycles. The molecule has 0 atom stereocenters. The van der Waals surface area contributed by atoms with Gasteiger partial charge < -0.3 is 0 Å². The molecule has 7 heteroatoms. The van der Waals surface area contributed by atoms with Crippen LogP contribution < -0.4 is 4.72 Å². The second kappa shape index (κ2) is 6.57. The number of hydrogen-bond donors (Lipinski definition) is 1. The van der Waals surface area contributed by atoms with Gasteiger partial charge in [-0.05, 0) is 35.2 Å². The highest BCUT2D eigenvalue weighted by Crippen LogP contribution is 2.26. The van der Waals surface area contributed by atoms with Gasteiger partial charge in [-0.2, -0.15) is 0 Å². The van der Waals surface area contributed by atoms with Crippen LogP contribution in [0.1, 0.15) is 5.56 Å². The van der Waals surface area contributed by atoms with Gasteiger partial charge in [0.15, 0.2) is 0 Å². The van der Waals surface area contributed by atoms with Crippen molar-refractivity contribution in [3.63, 3.8) is 0 Å². The fourth-order valence-electron chi connectivity index (χ4n) is 2.13. The van der Waals surface area contributed by atoms with Crippen molar-refractivity contribution < 1.29 is 12.8 Å². The summed E-state index contributed by atoms with van der Waals surface area (Å²) in [6.07, 6.45) is 1.66. The highest BCUT2D eigenvalue weighted by molar-refractivity contribution is 7.89. The standard InChI is InChI=1S/C16H13FN2O2S2/c17-13-6-1-2-8-15(13)23(20,21)19-11-12-5-3-9-18-16(12)14-7-4-10-22-14/h1-10,19H,11H2. The lowest BCUT2D eigenvalue weighted by Crippen LogP contribution is -2.24. The third-order valence-corrected chi connectivity index (χ3v) is 5.54. The van der Waals surface area contributed by atoms with E-state index in [1.54, 1.807) is 18.3 Å². The maximum absolute atomic E-state index is 13.7. The van der Waals surface area contributed by atoms with Crippen LogP contribution in [0.4, 0.5) is 4.39 Å². The van der Waals surface area contributed by atoms with E-state index in [1.165, 1.54) is 29.5 Å². The first kappa shape index (κ1) is 15.8. The molecule has 0 aliphatic carbocycles. The van der Waals surface area contributed by atoms with E-state index in [0.29, 0.717) is 0 Å². The largest absolute Gasteiger partial charge is 0.255 e. The average Bonchev–Trinajstić information content (AvgIpc) is 3.08. The summed E-state index contributed by atoms with van der Waals surface area (Å²) in [4.78, 5) is 4.90. The maximum atomic E-state index is 13.7. The van der Waals surface area contributed by atoms with E-state index in [2.05, 4.69) is 9.71 Å². The Hall–Kier alpha value is -2.09. The van der Waals surface area contributed by atoms with Crippen molar-refractivity contribution in [1.82, 2.24) is 9.71 Å². The van der Waals surface area contributed by atoms with Gasteiger partial charge in [0.05, 0.1) is 10.6 Å². The van der Waals surface area contributed by atoms with Crippen LogP contribution in [0.25, 0.3) is 10.6 Å². The van der Waals surface area contributed by atoms with Crippen LogP contribution in [0.5, 0.6) is 0 Å². The molecule has 0 unspecified atom stereocenters. The first-order valence-electron chi connectivity index (χ1n) is 6.80. The minimum absolute atomic E-state index is 0.0394. The minimum atomic E-state index is -3.92. The summed E-state index contributed by atoms with van der Waals surface area (Å²) >= 11 is 1.52. The molecule has 1 N–H and O–H groups in total. The van der Waals surface area contributed by atoms with E-state index in [4.69, 9.17) is 0 Å². The number of nitrogens with zero attached hydrogens (tertiary/aromatic N) is 1. The fourth-order valence-corrected chi connectivity index (χ4v) is 3.97. The Balaban J connectivity index is 1.86. The zero-order chi connectivity index (χ0) is 16.3. The molecule has 23 heavy (non-hydrogen) atoms. The Morgan fingerprint density at radius 2 is 1.91 bits per heavy atom. The van der Waals surface area contributed by atoms with Crippen molar-refractivity contribution in [2.45, 2.75) is 11.4 Å². The van der Waals surface area contributed by atoms with Gasteiger partial charge in [-0.15, -0.1) is 11.3 Å². The van der Waals surface area contributed by atoms with Crippen LogP contribution >= 0.6 is 11.3 Å².